The van der Waals surface area contributed by atoms with Crippen LogP contribution in [0.1, 0.15) is 12.5 Å². The Morgan fingerprint density at radius 3 is 2.41 bits per heavy atom. The van der Waals surface area contributed by atoms with Crippen LogP contribution in [0.4, 0.5) is 0 Å². The summed E-state index contributed by atoms with van der Waals surface area (Å²) in [4.78, 5) is 13.4. The largest absolute Gasteiger partial charge is 0.493 e. The van der Waals surface area contributed by atoms with Gasteiger partial charge in [-0.3, -0.25) is 4.79 Å². The van der Waals surface area contributed by atoms with Crippen molar-refractivity contribution in [2.75, 3.05) is 27.8 Å². The first-order valence-corrected chi connectivity index (χ1v) is 5.57. The van der Waals surface area contributed by atoms with Crippen molar-refractivity contribution in [3.05, 3.63) is 23.8 Å². The van der Waals surface area contributed by atoms with Gasteiger partial charge < -0.3 is 14.4 Å². The predicted octanol–water partition coefficient (Wildman–Crippen LogP) is 1.72. The predicted molar refractivity (Wildman–Crippen MR) is 66.6 cm³/mol. The van der Waals surface area contributed by atoms with Gasteiger partial charge in [-0.2, -0.15) is 0 Å². The van der Waals surface area contributed by atoms with Crippen LogP contribution in [0.2, 0.25) is 0 Å². The third kappa shape index (κ3) is 3.37. The zero-order valence-electron chi connectivity index (χ0n) is 10.8. The summed E-state index contributed by atoms with van der Waals surface area (Å²) >= 11 is 0. The molecule has 4 heteroatoms. The highest BCUT2D eigenvalue weighted by Gasteiger charge is 2.10. The summed E-state index contributed by atoms with van der Waals surface area (Å²) in [6.45, 7) is 2.67. The van der Waals surface area contributed by atoms with Gasteiger partial charge in [0.15, 0.2) is 11.5 Å². The van der Waals surface area contributed by atoms with Crippen molar-refractivity contribution < 1.29 is 14.3 Å². The fourth-order valence-corrected chi connectivity index (χ4v) is 1.48. The fraction of sp³-hybridized carbons (Fsp3) is 0.462. The lowest BCUT2D eigenvalue weighted by Gasteiger charge is -2.15. The van der Waals surface area contributed by atoms with E-state index in [1.54, 1.807) is 26.2 Å². The van der Waals surface area contributed by atoms with Crippen molar-refractivity contribution in [3.63, 3.8) is 0 Å². The molecule has 0 radical (unpaired) electrons. The Labute approximate surface area is 102 Å². The Hall–Kier alpha value is -1.71. The Morgan fingerprint density at radius 2 is 1.88 bits per heavy atom. The van der Waals surface area contributed by atoms with E-state index in [4.69, 9.17) is 9.47 Å². The van der Waals surface area contributed by atoms with Crippen LogP contribution in [0.5, 0.6) is 11.5 Å². The number of hydrogen-bond donors (Lipinski definition) is 0. The van der Waals surface area contributed by atoms with Crippen LogP contribution in [0.15, 0.2) is 18.2 Å². The fourth-order valence-electron chi connectivity index (χ4n) is 1.48. The van der Waals surface area contributed by atoms with E-state index in [2.05, 4.69) is 0 Å². The molecule has 0 spiro atoms. The van der Waals surface area contributed by atoms with Gasteiger partial charge in [0.25, 0.3) is 0 Å². The van der Waals surface area contributed by atoms with Gasteiger partial charge in [-0.15, -0.1) is 0 Å². The van der Waals surface area contributed by atoms with Gasteiger partial charge in [0, 0.05) is 13.6 Å². The zero-order chi connectivity index (χ0) is 12.8. The van der Waals surface area contributed by atoms with Gasteiger partial charge in [0.05, 0.1) is 20.6 Å². The maximum atomic E-state index is 11.8. The van der Waals surface area contributed by atoms with Gasteiger partial charge in [0.2, 0.25) is 5.91 Å². The molecule has 0 saturated carbocycles. The molecule has 0 bridgehead atoms. The minimum absolute atomic E-state index is 0.0970. The van der Waals surface area contributed by atoms with Gasteiger partial charge in [0.1, 0.15) is 0 Å². The molecular formula is C13H19NO3. The van der Waals surface area contributed by atoms with E-state index in [-0.39, 0.29) is 5.91 Å². The Bertz CT molecular complexity index is 390. The van der Waals surface area contributed by atoms with Gasteiger partial charge in [-0.1, -0.05) is 6.07 Å². The maximum Gasteiger partial charge on any atom is 0.226 e. The van der Waals surface area contributed by atoms with E-state index in [9.17, 15) is 4.79 Å². The monoisotopic (exact) mass is 237 g/mol. The molecule has 0 aliphatic heterocycles. The topological polar surface area (TPSA) is 38.8 Å². The Kier molecular flexibility index (Phi) is 4.82. The number of methoxy groups -OCH3 is 2. The van der Waals surface area contributed by atoms with Crippen molar-refractivity contribution >= 4 is 5.91 Å². The molecule has 0 saturated heterocycles. The molecular weight excluding hydrogens is 218 g/mol. The number of likely N-dealkylation sites (N-methyl/N-ethyl adjacent to an activating group) is 1. The molecule has 0 fully saturated rings. The molecule has 1 amide bonds. The van der Waals surface area contributed by atoms with Crippen LogP contribution >= 0.6 is 0 Å². The van der Waals surface area contributed by atoms with Crippen molar-refractivity contribution in [1.82, 2.24) is 4.90 Å². The number of rotatable bonds is 5. The molecule has 1 aromatic rings. The lowest BCUT2D eigenvalue weighted by Crippen LogP contribution is -2.27. The van der Waals surface area contributed by atoms with E-state index >= 15 is 0 Å². The molecule has 0 heterocycles. The van der Waals surface area contributed by atoms with E-state index in [1.165, 1.54) is 0 Å². The number of carbonyl (C=O) groups excluding carboxylic acids is 1. The quantitative estimate of drug-likeness (QED) is 0.782. The summed E-state index contributed by atoms with van der Waals surface area (Å²) in [7, 11) is 4.97. The summed E-state index contributed by atoms with van der Waals surface area (Å²) in [5.41, 5.74) is 0.924. The molecule has 0 unspecified atom stereocenters. The summed E-state index contributed by atoms with van der Waals surface area (Å²) < 4.78 is 10.3. The second-order valence-electron chi connectivity index (χ2n) is 3.77. The second-order valence-corrected chi connectivity index (χ2v) is 3.77. The molecule has 0 atom stereocenters. The first kappa shape index (κ1) is 13.4. The highest BCUT2D eigenvalue weighted by molar-refractivity contribution is 5.78. The van der Waals surface area contributed by atoms with Gasteiger partial charge >= 0.3 is 0 Å². The number of hydrogen-bond acceptors (Lipinski definition) is 3. The van der Waals surface area contributed by atoms with E-state index in [0.29, 0.717) is 24.5 Å². The number of ether oxygens (including phenoxy) is 2. The summed E-state index contributed by atoms with van der Waals surface area (Å²) in [6, 6.07) is 5.52. The first-order valence-electron chi connectivity index (χ1n) is 5.57. The Balaban J connectivity index is 2.82. The van der Waals surface area contributed by atoms with Crippen LogP contribution in [0.3, 0.4) is 0 Å². The van der Waals surface area contributed by atoms with E-state index < -0.39 is 0 Å². The smallest absolute Gasteiger partial charge is 0.226 e. The molecule has 1 rings (SSSR count). The highest BCUT2D eigenvalue weighted by atomic mass is 16.5. The average Bonchev–Trinajstić information content (AvgIpc) is 2.37. The third-order valence-electron chi connectivity index (χ3n) is 2.70. The minimum atomic E-state index is 0.0970. The summed E-state index contributed by atoms with van der Waals surface area (Å²) in [5.74, 6) is 1.42. The molecule has 17 heavy (non-hydrogen) atoms. The van der Waals surface area contributed by atoms with Crippen LogP contribution in [-0.4, -0.2) is 38.6 Å². The van der Waals surface area contributed by atoms with Crippen molar-refractivity contribution in [3.8, 4) is 11.5 Å². The maximum absolute atomic E-state index is 11.8. The van der Waals surface area contributed by atoms with Gasteiger partial charge in [-0.05, 0) is 24.6 Å². The first-order chi connectivity index (χ1) is 8.12. The summed E-state index contributed by atoms with van der Waals surface area (Å²) in [5, 5.41) is 0. The number of benzene rings is 1. The van der Waals surface area contributed by atoms with Gasteiger partial charge in [-0.25, -0.2) is 0 Å². The van der Waals surface area contributed by atoms with Crippen LogP contribution in [0.25, 0.3) is 0 Å². The van der Waals surface area contributed by atoms with Crippen molar-refractivity contribution in [2.45, 2.75) is 13.3 Å². The number of carbonyl (C=O) groups is 1. The normalized spacial score (nSPS) is 9.88. The second kappa shape index (κ2) is 6.13. The zero-order valence-corrected chi connectivity index (χ0v) is 10.8. The molecule has 94 valence electrons. The average molecular weight is 237 g/mol. The lowest BCUT2D eigenvalue weighted by atomic mass is 10.1. The third-order valence-corrected chi connectivity index (χ3v) is 2.70. The standard InChI is InChI=1S/C13H19NO3/c1-5-14(2)13(15)9-10-6-7-11(16-3)12(8-10)17-4/h6-8H,5,9H2,1-4H3. The molecule has 0 aromatic heterocycles. The van der Waals surface area contributed by atoms with Crippen LogP contribution < -0.4 is 9.47 Å². The highest BCUT2D eigenvalue weighted by Crippen LogP contribution is 2.27. The van der Waals surface area contributed by atoms with E-state index in [1.807, 2.05) is 25.1 Å². The van der Waals surface area contributed by atoms with Crippen molar-refractivity contribution in [1.29, 1.82) is 0 Å². The van der Waals surface area contributed by atoms with Crippen LogP contribution in [-0.2, 0) is 11.2 Å². The molecule has 1 aromatic carbocycles. The van der Waals surface area contributed by atoms with Crippen molar-refractivity contribution in [2.24, 2.45) is 0 Å². The Morgan fingerprint density at radius 1 is 1.24 bits per heavy atom. The SMILES string of the molecule is CCN(C)C(=O)Cc1ccc(OC)c(OC)c1. The molecule has 4 nitrogen and oxygen atoms in total. The van der Waals surface area contributed by atoms with Crippen LogP contribution in [0, 0.1) is 0 Å². The number of nitrogens with zero attached hydrogens (tertiary/aromatic N) is 1. The number of amides is 1. The summed E-state index contributed by atoms with van der Waals surface area (Å²) in [6.07, 6.45) is 0.380. The van der Waals surface area contributed by atoms with E-state index in [0.717, 1.165) is 5.56 Å². The molecule has 0 N–H and O–H groups in total. The lowest BCUT2D eigenvalue weighted by molar-refractivity contribution is -0.128. The minimum Gasteiger partial charge on any atom is -0.493 e. The molecule has 0 aliphatic carbocycles. The molecule has 0 aliphatic rings.